The lowest BCUT2D eigenvalue weighted by atomic mass is 9.95. The lowest BCUT2D eigenvalue weighted by Crippen LogP contribution is -2.44. The minimum Gasteiger partial charge on any atom is -0.343 e. The zero-order chi connectivity index (χ0) is 17.1. The highest BCUT2D eigenvalue weighted by Gasteiger charge is 2.30. The van der Waals surface area contributed by atoms with Crippen molar-refractivity contribution >= 4 is 22.7 Å². The van der Waals surface area contributed by atoms with Gasteiger partial charge in [0.2, 0.25) is 5.91 Å². The molecule has 0 atom stereocenters. The minimum atomic E-state index is -0.0545. The number of carbonyl (C=O) groups excluding carboxylic acids is 2. The Morgan fingerprint density at radius 3 is 2.54 bits per heavy atom. The van der Waals surface area contributed by atoms with Crippen molar-refractivity contribution in [2.45, 2.75) is 26.7 Å². The summed E-state index contributed by atoms with van der Waals surface area (Å²) >= 11 is 0. The van der Waals surface area contributed by atoms with Gasteiger partial charge >= 0.3 is 0 Å². The maximum Gasteiger partial charge on any atom is 0.274 e. The maximum absolute atomic E-state index is 12.7. The SMILES string of the molecule is CCN(CC)C(=O)C1CCN(C(=O)c2n[nH]c3ccccc23)CC1. The number of benzene rings is 1. The summed E-state index contributed by atoms with van der Waals surface area (Å²) in [5.41, 5.74) is 1.34. The number of rotatable bonds is 4. The van der Waals surface area contributed by atoms with Gasteiger partial charge in [-0.05, 0) is 32.8 Å². The summed E-state index contributed by atoms with van der Waals surface area (Å²) in [5.74, 6) is 0.198. The second-order valence-electron chi connectivity index (χ2n) is 6.19. The quantitative estimate of drug-likeness (QED) is 0.936. The monoisotopic (exact) mass is 328 g/mol. The van der Waals surface area contributed by atoms with Crippen LogP contribution in [0.25, 0.3) is 10.9 Å². The van der Waals surface area contributed by atoms with Gasteiger partial charge in [-0.25, -0.2) is 0 Å². The average Bonchev–Trinajstić information content (AvgIpc) is 3.06. The van der Waals surface area contributed by atoms with Gasteiger partial charge in [0.1, 0.15) is 0 Å². The summed E-state index contributed by atoms with van der Waals surface area (Å²) in [6, 6.07) is 7.64. The first-order valence-corrected chi connectivity index (χ1v) is 8.66. The molecule has 0 saturated carbocycles. The van der Waals surface area contributed by atoms with Crippen LogP contribution in [0.1, 0.15) is 37.2 Å². The summed E-state index contributed by atoms with van der Waals surface area (Å²) in [4.78, 5) is 28.9. The fraction of sp³-hybridized carbons (Fsp3) is 0.500. The highest BCUT2D eigenvalue weighted by atomic mass is 16.2. The van der Waals surface area contributed by atoms with Crippen LogP contribution in [0.3, 0.4) is 0 Å². The molecular weight excluding hydrogens is 304 g/mol. The molecule has 1 saturated heterocycles. The van der Waals surface area contributed by atoms with E-state index in [1.165, 1.54) is 0 Å². The molecule has 1 aliphatic rings. The van der Waals surface area contributed by atoms with Gasteiger partial charge in [-0.1, -0.05) is 18.2 Å². The molecule has 0 bridgehead atoms. The van der Waals surface area contributed by atoms with E-state index in [0.717, 1.165) is 36.8 Å². The molecule has 6 nitrogen and oxygen atoms in total. The van der Waals surface area contributed by atoms with E-state index < -0.39 is 0 Å². The van der Waals surface area contributed by atoms with Gasteiger partial charge in [-0.3, -0.25) is 14.7 Å². The maximum atomic E-state index is 12.7. The lowest BCUT2D eigenvalue weighted by Gasteiger charge is -2.33. The molecule has 24 heavy (non-hydrogen) atoms. The van der Waals surface area contributed by atoms with E-state index in [0.29, 0.717) is 18.8 Å². The number of para-hydroxylation sites is 1. The number of likely N-dealkylation sites (tertiary alicyclic amines) is 1. The molecule has 3 rings (SSSR count). The third-order valence-corrected chi connectivity index (χ3v) is 4.88. The molecule has 1 fully saturated rings. The lowest BCUT2D eigenvalue weighted by molar-refractivity contribution is -0.136. The number of piperidine rings is 1. The second kappa shape index (κ2) is 7.03. The Hall–Kier alpha value is -2.37. The first kappa shape index (κ1) is 16.5. The number of nitrogens with zero attached hydrogens (tertiary/aromatic N) is 3. The van der Waals surface area contributed by atoms with Crippen molar-refractivity contribution < 1.29 is 9.59 Å². The van der Waals surface area contributed by atoms with Crippen molar-refractivity contribution in [1.82, 2.24) is 20.0 Å². The molecule has 2 aromatic rings. The molecule has 1 N–H and O–H groups in total. The normalized spacial score (nSPS) is 15.7. The Labute approximate surface area is 141 Å². The molecule has 0 aliphatic carbocycles. The Morgan fingerprint density at radius 2 is 1.88 bits per heavy atom. The number of hydrogen-bond donors (Lipinski definition) is 1. The van der Waals surface area contributed by atoms with Crippen LogP contribution in [0.4, 0.5) is 0 Å². The van der Waals surface area contributed by atoms with Crippen LogP contribution in [0, 0.1) is 5.92 Å². The molecule has 128 valence electrons. The summed E-state index contributed by atoms with van der Waals surface area (Å²) in [6.45, 7) is 6.71. The van der Waals surface area contributed by atoms with Crippen LogP contribution in [0.15, 0.2) is 24.3 Å². The van der Waals surface area contributed by atoms with Crippen LogP contribution < -0.4 is 0 Å². The summed E-state index contributed by atoms with van der Waals surface area (Å²) < 4.78 is 0. The van der Waals surface area contributed by atoms with E-state index in [9.17, 15) is 9.59 Å². The van der Waals surface area contributed by atoms with Gasteiger partial charge in [0.25, 0.3) is 5.91 Å². The molecule has 0 radical (unpaired) electrons. The molecular formula is C18H24N4O2. The predicted molar refractivity (Wildman–Crippen MR) is 92.6 cm³/mol. The van der Waals surface area contributed by atoms with Gasteiger partial charge in [-0.2, -0.15) is 5.10 Å². The Morgan fingerprint density at radius 1 is 1.21 bits per heavy atom. The van der Waals surface area contributed by atoms with E-state index in [1.54, 1.807) is 0 Å². The minimum absolute atomic E-state index is 0.0323. The van der Waals surface area contributed by atoms with Gasteiger partial charge in [0.15, 0.2) is 5.69 Å². The topological polar surface area (TPSA) is 69.3 Å². The number of H-pyrrole nitrogens is 1. The average molecular weight is 328 g/mol. The highest BCUT2D eigenvalue weighted by molar-refractivity contribution is 6.04. The molecule has 1 aliphatic heterocycles. The van der Waals surface area contributed by atoms with E-state index in [1.807, 2.05) is 47.9 Å². The zero-order valence-electron chi connectivity index (χ0n) is 14.3. The van der Waals surface area contributed by atoms with Crippen LogP contribution in [-0.4, -0.2) is 58.0 Å². The molecule has 0 unspecified atom stereocenters. The molecule has 2 heterocycles. The van der Waals surface area contributed by atoms with E-state index in [4.69, 9.17) is 0 Å². The van der Waals surface area contributed by atoms with Gasteiger partial charge < -0.3 is 9.80 Å². The largest absolute Gasteiger partial charge is 0.343 e. The number of nitrogens with one attached hydrogen (secondary N) is 1. The van der Waals surface area contributed by atoms with E-state index in [-0.39, 0.29) is 17.7 Å². The Kier molecular flexibility index (Phi) is 4.83. The summed E-state index contributed by atoms with van der Waals surface area (Å²) in [7, 11) is 0. The van der Waals surface area contributed by atoms with E-state index >= 15 is 0 Å². The smallest absolute Gasteiger partial charge is 0.274 e. The van der Waals surface area contributed by atoms with Gasteiger partial charge in [0, 0.05) is 37.5 Å². The molecule has 0 spiro atoms. The zero-order valence-corrected chi connectivity index (χ0v) is 14.3. The standard InChI is InChI=1S/C18H24N4O2/c1-3-21(4-2)17(23)13-9-11-22(12-10-13)18(24)16-14-7-5-6-8-15(14)19-20-16/h5-8,13H,3-4,9-12H2,1-2H3,(H,19,20). The highest BCUT2D eigenvalue weighted by Crippen LogP contribution is 2.23. The second-order valence-corrected chi connectivity index (χ2v) is 6.19. The molecule has 1 aromatic heterocycles. The fourth-order valence-electron chi connectivity index (χ4n) is 3.40. The number of fused-ring (bicyclic) bond motifs is 1. The predicted octanol–water partition coefficient (Wildman–Crippen LogP) is 2.28. The fourth-order valence-corrected chi connectivity index (χ4v) is 3.40. The Balaban J connectivity index is 1.66. The van der Waals surface area contributed by atoms with Crippen molar-refractivity contribution in [2.75, 3.05) is 26.2 Å². The van der Waals surface area contributed by atoms with Gasteiger partial charge in [-0.15, -0.1) is 0 Å². The number of amides is 2. The molecule has 2 amide bonds. The molecule has 6 heteroatoms. The van der Waals surface area contributed by atoms with Crippen LogP contribution in [0.5, 0.6) is 0 Å². The van der Waals surface area contributed by atoms with Crippen molar-refractivity contribution in [3.8, 4) is 0 Å². The number of carbonyl (C=O) groups is 2. The van der Waals surface area contributed by atoms with Gasteiger partial charge in [0.05, 0.1) is 5.52 Å². The Bertz CT molecular complexity index is 727. The number of aromatic amines is 1. The van der Waals surface area contributed by atoms with Crippen molar-refractivity contribution in [2.24, 2.45) is 5.92 Å². The summed E-state index contributed by atoms with van der Waals surface area (Å²) in [5, 5.41) is 7.95. The van der Waals surface area contributed by atoms with E-state index in [2.05, 4.69) is 10.2 Å². The van der Waals surface area contributed by atoms with Crippen LogP contribution in [0.2, 0.25) is 0 Å². The number of aromatic nitrogens is 2. The summed E-state index contributed by atoms with van der Waals surface area (Å²) in [6.07, 6.45) is 1.45. The van der Waals surface area contributed by atoms with Crippen LogP contribution in [-0.2, 0) is 4.79 Å². The third-order valence-electron chi connectivity index (χ3n) is 4.88. The third kappa shape index (κ3) is 3.00. The first-order valence-electron chi connectivity index (χ1n) is 8.66. The molecule has 1 aromatic carbocycles. The van der Waals surface area contributed by atoms with Crippen LogP contribution >= 0.6 is 0 Å². The van der Waals surface area contributed by atoms with Crippen molar-refractivity contribution in [1.29, 1.82) is 0 Å². The van der Waals surface area contributed by atoms with Crippen molar-refractivity contribution in [3.05, 3.63) is 30.0 Å². The van der Waals surface area contributed by atoms with Crippen molar-refractivity contribution in [3.63, 3.8) is 0 Å². The number of hydrogen-bond acceptors (Lipinski definition) is 3. The first-order chi connectivity index (χ1) is 11.7.